The third-order valence-electron chi connectivity index (χ3n) is 5.30. The Hall–Kier alpha value is -2.98. The van der Waals surface area contributed by atoms with E-state index in [1.807, 2.05) is 24.6 Å². The summed E-state index contributed by atoms with van der Waals surface area (Å²) in [5.74, 6) is -0.677. The standard InChI is InChI=1S/C23H23N2O2/c1-3-27-23(26)22-19-13-16(11-12-20(19)25(2)21(22)14-24)18-10-6-8-15-7-4-5-9-17(15)18/h4-13,22H,3,14,24H2,1-2H3/q+1. The largest absolute Gasteiger partial charge is 0.465 e. The molecule has 1 unspecified atom stereocenters. The van der Waals surface area contributed by atoms with E-state index in [0.29, 0.717) is 13.2 Å². The molecule has 0 spiro atoms. The lowest BCUT2D eigenvalue weighted by Crippen LogP contribution is -2.30. The number of nitrogens with two attached hydrogens (primary N) is 1. The fourth-order valence-electron chi connectivity index (χ4n) is 4.01. The molecule has 0 saturated heterocycles. The second kappa shape index (κ2) is 6.97. The van der Waals surface area contributed by atoms with Gasteiger partial charge in [-0.1, -0.05) is 42.5 Å². The van der Waals surface area contributed by atoms with Crippen LogP contribution in [0.3, 0.4) is 0 Å². The first-order valence-electron chi connectivity index (χ1n) is 9.24. The summed E-state index contributed by atoms with van der Waals surface area (Å²) < 4.78 is 7.35. The molecule has 3 aromatic rings. The van der Waals surface area contributed by atoms with E-state index in [0.717, 1.165) is 28.1 Å². The average Bonchev–Trinajstić information content (AvgIpc) is 2.99. The minimum atomic E-state index is -0.440. The highest BCUT2D eigenvalue weighted by Crippen LogP contribution is 2.39. The highest BCUT2D eigenvalue weighted by atomic mass is 16.5. The molecule has 0 aromatic heterocycles. The summed E-state index contributed by atoms with van der Waals surface area (Å²) in [5.41, 5.74) is 11.1. The number of hydrogen-bond acceptors (Lipinski definition) is 3. The maximum atomic E-state index is 12.7. The molecule has 1 aliphatic rings. The first kappa shape index (κ1) is 17.4. The molecule has 1 aliphatic heterocycles. The summed E-state index contributed by atoms with van der Waals surface area (Å²) in [6.07, 6.45) is 0. The van der Waals surface area contributed by atoms with Crippen molar-refractivity contribution in [3.63, 3.8) is 0 Å². The Kier molecular flexibility index (Phi) is 4.50. The van der Waals surface area contributed by atoms with Gasteiger partial charge in [0.2, 0.25) is 5.69 Å². The van der Waals surface area contributed by atoms with E-state index in [4.69, 9.17) is 10.5 Å². The predicted molar refractivity (Wildman–Crippen MR) is 109 cm³/mol. The number of hydrogen-bond donors (Lipinski definition) is 1. The second-order valence-corrected chi connectivity index (χ2v) is 6.74. The molecule has 1 atom stereocenters. The van der Waals surface area contributed by atoms with E-state index < -0.39 is 5.92 Å². The van der Waals surface area contributed by atoms with Gasteiger partial charge in [0.05, 0.1) is 13.2 Å². The fraction of sp³-hybridized carbons (Fsp3) is 0.217. The summed E-state index contributed by atoms with van der Waals surface area (Å²) in [5, 5.41) is 2.39. The van der Waals surface area contributed by atoms with Crippen molar-refractivity contribution >= 4 is 28.1 Å². The molecule has 136 valence electrons. The van der Waals surface area contributed by atoms with Gasteiger partial charge in [0.25, 0.3) is 0 Å². The number of benzene rings is 3. The van der Waals surface area contributed by atoms with Crippen LogP contribution >= 0.6 is 0 Å². The lowest BCUT2D eigenvalue weighted by Gasteiger charge is -2.11. The number of rotatable bonds is 4. The fourth-order valence-corrected chi connectivity index (χ4v) is 4.01. The van der Waals surface area contributed by atoms with Crippen LogP contribution in [0.2, 0.25) is 0 Å². The summed E-state index contributed by atoms with van der Waals surface area (Å²) in [6, 6.07) is 20.9. The van der Waals surface area contributed by atoms with Gasteiger partial charge in [-0.3, -0.25) is 4.79 Å². The smallest absolute Gasteiger partial charge is 0.324 e. The molecule has 2 N–H and O–H groups in total. The number of nitrogens with zero attached hydrogens (tertiary/aromatic N) is 1. The summed E-state index contributed by atoms with van der Waals surface area (Å²) in [4.78, 5) is 12.7. The molecule has 4 rings (SSSR count). The maximum Gasteiger partial charge on any atom is 0.324 e. The Bertz CT molecular complexity index is 1060. The third kappa shape index (κ3) is 2.82. The number of fused-ring (bicyclic) bond motifs is 2. The van der Waals surface area contributed by atoms with Crippen LogP contribution in [0, 0.1) is 0 Å². The lowest BCUT2D eigenvalue weighted by molar-refractivity contribution is -0.402. The van der Waals surface area contributed by atoms with E-state index in [2.05, 4.69) is 54.6 Å². The molecule has 0 radical (unpaired) electrons. The van der Waals surface area contributed by atoms with Crippen LogP contribution in [0.15, 0.2) is 60.7 Å². The Morgan fingerprint density at radius 1 is 1.11 bits per heavy atom. The predicted octanol–water partition coefficient (Wildman–Crippen LogP) is 3.84. The molecular weight excluding hydrogens is 336 g/mol. The van der Waals surface area contributed by atoms with Gasteiger partial charge in [-0.15, -0.1) is 0 Å². The van der Waals surface area contributed by atoms with Crippen molar-refractivity contribution in [1.29, 1.82) is 0 Å². The van der Waals surface area contributed by atoms with Crippen LogP contribution in [0.5, 0.6) is 0 Å². The van der Waals surface area contributed by atoms with E-state index in [-0.39, 0.29) is 5.97 Å². The van der Waals surface area contributed by atoms with E-state index in [1.54, 1.807) is 0 Å². The summed E-state index contributed by atoms with van der Waals surface area (Å²) >= 11 is 0. The maximum absolute atomic E-state index is 12.7. The quantitative estimate of drug-likeness (QED) is 0.569. The second-order valence-electron chi connectivity index (χ2n) is 6.74. The zero-order chi connectivity index (χ0) is 19.0. The van der Waals surface area contributed by atoms with E-state index >= 15 is 0 Å². The highest BCUT2D eigenvalue weighted by molar-refractivity contribution is 6.09. The van der Waals surface area contributed by atoms with Gasteiger partial charge in [-0.25, -0.2) is 0 Å². The van der Waals surface area contributed by atoms with Crippen LogP contribution in [-0.4, -0.2) is 36.5 Å². The zero-order valence-corrected chi connectivity index (χ0v) is 15.6. The highest BCUT2D eigenvalue weighted by Gasteiger charge is 2.42. The first-order chi connectivity index (χ1) is 13.2. The van der Waals surface area contributed by atoms with Crippen molar-refractivity contribution in [3.8, 4) is 11.1 Å². The minimum Gasteiger partial charge on any atom is -0.465 e. The number of esters is 1. The summed E-state index contributed by atoms with van der Waals surface area (Å²) in [7, 11) is 1.96. The van der Waals surface area contributed by atoms with Gasteiger partial charge >= 0.3 is 5.97 Å². The van der Waals surface area contributed by atoms with Crippen LogP contribution in [-0.2, 0) is 9.53 Å². The molecular formula is C23H23N2O2+. The molecule has 0 fully saturated rings. The van der Waals surface area contributed by atoms with E-state index in [1.165, 1.54) is 10.8 Å². The number of carbonyl (C=O) groups excluding carboxylic acids is 1. The normalized spacial score (nSPS) is 15.9. The molecule has 0 amide bonds. The van der Waals surface area contributed by atoms with Gasteiger partial charge in [0.1, 0.15) is 7.05 Å². The monoisotopic (exact) mass is 359 g/mol. The summed E-state index contributed by atoms with van der Waals surface area (Å²) in [6.45, 7) is 2.50. The van der Waals surface area contributed by atoms with Crippen molar-refractivity contribution in [1.82, 2.24) is 0 Å². The number of ether oxygens (including phenoxy) is 1. The molecule has 4 heteroatoms. The van der Waals surface area contributed by atoms with Crippen molar-refractivity contribution in [2.24, 2.45) is 5.73 Å². The Morgan fingerprint density at radius 2 is 1.89 bits per heavy atom. The van der Waals surface area contributed by atoms with Crippen molar-refractivity contribution in [2.45, 2.75) is 12.8 Å². The minimum absolute atomic E-state index is 0.237. The van der Waals surface area contributed by atoms with Gasteiger partial charge in [-0.2, -0.15) is 4.58 Å². The number of carbonyl (C=O) groups is 1. The molecule has 0 saturated carbocycles. The van der Waals surface area contributed by atoms with Gasteiger partial charge in [-0.05, 0) is 41.0 Å². The Morgan fingerprint density at radius 3 is 2.67 bits per heavy atom. The molecule has 1 heterocycles. The molecule has 4 nitrogen and oxygen atoms in total. The molecule has 0 aliphatic carbocycles. The van der Waals surface area contributed by atoms with Crippen molar-refractivity contribution < 1.29 is 14.1 Å². The molecule has 3 aromatic carbocycles. The SMILES string of the molecule is CCOC(=O)C1C(CN)=[N+](C)c2ccc(-c3cccc4ccccc34)cc21. The van der Waals surface area contributed by atoms with Gasteiger partial charge in [0.15, 0.2) is 11.6 Å². The van der Waals surface area contributed by atoms with Gasteiger partial charge in [0, 0.05) is 11.6 Å². The van der Waals surface area contributed by atoms with Crippen LogP contribution in [0.1, 0.15) is 18.4 Å². The lowest BCUT2D eigenvalue weighted by atomic mass is 9.91. The van der Waals surface area contributed by atoms with Crippen LogP contribution < -0.4 is 5.73 Å². The molecule has 0 bridgehead atoms. The molecule has 27 heavy (non-hydrogen) atoms. The van der Waals surface area contributed by atoms with Crippen LogP contribution in [0.4, 0.5) is 5.69 Å². The van der Waals surface area contributed by atoms with Crippen LogP contribution in [0.25, 0.3) is 21.9 Å². The van der Waals surface area contributed by atoms with Crippen molar-refractivity contribution in [3.05, 3.63) is 66.2 Å². The first-order valence-corrected chi connectivity index (χ1v) is 9.24. The topological polar surface area (TPSA) is 55.3 Å². The Labute approximate surface area is 158 Å². The zero-order valence-electron chi connectivity index (χ0n) is 15.6. The average molecular weight is 359 g/mol. The third-order valence-corrected chi connectivity index (χ3v) is 5.30. The Balaban J connectivity index is 1.87. The van der Waals surface area contributed by atoms with E-state index in [9.17, 15) is 4.79 Å². The van der Waals surface area contributed by atoms with Crippen molar-refractivity contribution in [2.75, 3.05) is 20.2 Å². The van der Waals surface area contributed by atoms with Gasteiger partial charge < -0.3 is 10.5 Å².